The van der Waals surface area contributed by atoms with Crippen LogP contribution in [0.15, 0.2) is 35.9 Å². The number of nitrogens with two attached hydrogens (primary N) is 1. The molecule has 0 bridgehead atoms. The van der Waals surface area contributed by atoms with E-state index in [-0.39, 0.29) is 0 Å². The molecule has 70 valence electrons. The van der Waals surface area contributed by atoms with Gasteiger partial charge in [-0.25, -0.2) is 0 Å². The Labute approximate surface area is 80.3 Å². The summed E-state index contributed by atoms with van der Waals surface area (Å²) >= 11 is 0. The molecule has 0 saturated carbocycles. The quantitative estimate of drug-likeness (QED) is 0.748. The van der Waals surface area contributed by atoms with E-state index < -0.39 is 0 Å². The molecule has 2 N–H and O–H groups in total. The predicted octanol–water partition coefficient (Wildman–Crippen LogP) is 2.83. The first-order chi connectivity index (χ1) is 6.36. The van der Waals surface area contributed by atoms with Crippen LogP contribution in [0.4, 0.5) is 0 Å². The van der Waals surface area contributed by atoms with Crippen LogP contribution in [-0.4, -0.2) is 6.54 Å². The minimum absolute atomic E-state index is 0.669. The zero-order valence-corrected chi connectivity index (χ0v) is 8.16. The largest absolute Gasteiger partial charge is 0.327 e. The molecular weight excluding hydrogens is 158 g/mol. The molecule has 0 aliphatic rings. The Morgan fingerprint density at radius 2 is 2.00 bits per heavy atom. The molecule has 1 rings (SSSR count). The van der Waals surface area contributed by atoms with Crippen molar-refractivity contribution < 1.29 is 0 Å². The summed E-state index contributed by atoms with van der Waals surface area (Å²) in [5.41, 5.74) is 8.21. The van der Waals surface area contributed by atoms with Crippen LogP contribution in [0, 0.1) is 0 Å². The zero-order chi connectivity index (χ0) is 9.52. The van der Waals surface area contributed by atoms with Gasteiger partial charge in [-0.15, -0.1) is 0 Å². The normalized spacial score (nSPS) is 11.7. The third-order valence-corrected chi connectivity index (χ3v) is 2.00. The number of hydrogen-bond donors (Lipinski definition) is 1. The van der Waals surface area contributed by atoms with Crippen molar-refractivity contribution in [3.05, 3.63) is 41.5 Å². The highest BCUT2D eigenvalue weighted by Gasteiger charge is 1.93. The molecule has 0 aromatic heterocycles. The average Bonchev–Trinajstić information content (AvgIpc) is 2.19. The smallest absolute Gasteiger partial charge is 0.0140 e. The first-order valence-corrected chi connectivity index (χ1v) is 4.81. The number of hydrogen-bond acceptors (Lipinski definition) is 1. The molecule has 0 radical (unpaired) electrons. The lowest BCUT2D eigenvalue weighted by Gasteiger charge is -2.01. The van der Waals surface area contributed by atoms with Crippen LogP contribution in [0.5, 0.6) is 0 Å². The highest BCUT2D eigenvalue weighted by atomic mass is 14.5. The minimum atomic E-state index is 0.669. The maximum absolute atomic E-state index is 5.64. The van der Waals surface area contributed by atoms with Crippen LogP contribution >= 0.6 is 0 Å². The van der Waals surface area contributed by atoms with Crippen LogP contribution < -0.4 is 5.73 Å². The summed E-state index contributed by atoms with van der Waals surface area (Å²) in [6.07, 6.45) is 4.45. The van der Waals surface area contributed by atoms with E-state index in [9.17, 15) is 0 Å². The van der Waals surface area contributed by atoms with Gasteiger partial charge < -0.3 is 5.73 Å². The molecule has 0 amide bonds. The summed E-state index contributed by atoms with van der Waals surface area (Å²) in [5.74, 6) is 0. The van der Waals surface area contributed by atoms with Gasteiger partial charge >= 0.3 is 0 Å². The fourth-order valence-corrected chi connectivity index (χ4v) is 1.34. The van der Waals surface area contributed by atoms with Crippen LogP contribution in [0.25, 0.3) is 6.08 Å². The van der Waals surface area contributed by atoms with Gasteiger partial charge in [0.2, 0.25) is 0 Å². The van der Waals surface area contributed by atoms with E-state index in [1.54, 1.807) is 0 Å². The van der Waals surface area contributed by atoms with Crippen molar-refractivity contribution in [2.24, 2.45) is 5.73 Å². The van der Waals surface area contributed by atoms with Crippen molar-refractivity contribution in [2.75, 3.05) is 6.54 Å². The molecule has 1 aromatic carbocycles. The van der Waals surface area contributed by atoms with E-state index in [0.717, 1.165) is 12.8 Å². The summed E-state index contributed by atoms with van der Waals surface area (Å²) in [7, 11) is 0. The number of rotatable bonds is 4. The molecule has 1 aromatic rings. The van der Waals surface area contributed by atoms with Crippen molar-refractivity contribution >= 4 is 6.08 Å². The first-order valence-electron chi connectivity index (χ1n) is 4.81. The molecule has 1 nitrogen and oxygen atoms in total. The van der Waals surface area contributed by atoms with Crippen molar-refractivity contribution in [1.29, 1.82) is 0 Å². The monoisotopic (exact) mass is 175 g/mol. The van der Waals surface area contributed by atoms with Crippen LogP contribution in [0.2, 0.25) is 0 Å². The number of benzene rings is 1. The van der Waals surface area contributed by atoms with Gasteiger partial charge in [-0.05, 0) is 12.0 Å². The fourth-order valence-electron chi connectivity index (χ4n) is 1.34. The summed E-state index contributed by atoms with van der Waals surface area (Å²) in [5, 5.41) is 0. The maximum Gasteiger partial charge on any atom is 0.0140 e. The molecule has 0 atom stereocenters. The Balaban J connectivity index is 2.73. The molecule has 0 heterocycles. The van der Waals surface area contributed by atoms with Crippen molar-refractivity contribution in [2.45, 2.75) is 19.8 Å². The Morgan fingerprint density at radius 3 is 2.54 bits per heavy atom. The molecule has 0 unspecified atom stereocenters. The fraction of sp³-hybridized carbons (Fsp3) is 0.333. The van der Waals surface area contributed by atoms with E-state index in [1.165, 1.54) is 11.1 Å². The van der Waals surface area contributed by atoms with E-state index in [1.807, 2.05) is 18.2 Å². The summed E-state index contributed by atoms with van der Waals surface area (Å²) in [4.78, 5) is 0. The van der Waals surface area contributed by atoms with Gasteiger partial charge in [0.1, 0.15) is 0 Å². The second kappa shape index (κ2) is 5.55. The standard InChI is InChI=1S/C12H17N/c1-2-6-12(10-13)9-11-7-4-3-5-8-11/h3-5,7-9H,2,6,10,13H2,1H3. The van der Waals surface area contributed by atoms with Gasteiger partial charge in [-0.2, -0.15) is 0 Å². The molecule has 0 saturated heterocycles. The van der Waals surface area contributed by atoms with Gasteiger partial charge in [0.15, 0.2) is 0 Å². The highest BCUT2D eigenvalue weighted by Crippen LogP contribution is 2.09. The second-order valence-electron chi connectivity index (χ2n) is 3.17. The average molecular weight is 175 g/mol. The van der Waals surface area contributed by atoms with E-state index in [0.29, 0.717) is 6.54 Å². The van der Waals surface area contributed by atoms with Gasteiger partial charge in [0.25, 0.3) is 0 Å². The van der Waals surface area contributed by atoms with Gasteiger partial charge in [0, 0.05) is 6.54 Å². The van der Waals surface area contributed by atoms with Crippen LogP contribution in [0.1, 0.15) is 25.3 Å². The van der Waals surface area contributed by atoms with E-state index >= 15 is 0 Å². The minimum Gasteiger partial charge on any atom is -0.327 e. The molecule has 1 heteroatoms. The summed E-state index contributed by atoms with van der Waals surface area (Å²) in [6.45, 7) is 2.84. The second-order valence-corrected chi connectivity index (χ2v) is 3.17. The topological polar surface area (TPSA) is 26.0 Å². The third kappa shape index (κ3) is 3.43. The lowest BCUT2D eigenvalue weighted by Crippen LogP contribution is -2.02. The lowest BCUT2D eigenvalue weighted by molar-refractivity contribution is 0.881. The maximum atomic E-state index is 5.64. The zero-order valence-electron chi connectivity index (χ0n) is 8.16. The van der Waals surface area contributed by atoms with Crippen LogP contribution in [-0.2, 0) is 0 Å². The van der Waals surface area contributed by atoms with E-state index in [4.69, 9.17) is 5.73 Å². The molecule has 0 fully saturated rings. The summed E-state index contributed by atoms with van der Waals surface area (Å²) in [6, 6.07) is 10.3. The first kappa shape index (κ1) is 10.0. The van der Waals surface area contributed by atoms with Gasteiger partial charge in [-0.3, -0.25) is 0 Å². The Kier molecular flexibility index (Phi) is 4.27. The summed E-state index contributed by atoms with van der Waals surface area (Å²) < 4.78 is 0. The predicted molar refractivity (Wildman–Crippen MR) is 58.4 cm³/mol. The molecule has 0 aliphatic carbocycles. The van der Waals surface area contributed by atoms with Crippen molar-refractivity contribution in [1.82, 2.24) is 0 Å². The Morgan fingerprint density at radius 1 is 1.31 bits per heavy atom. The van der Waals surface area contributed by atoms with Crippen molar-refractivity contribution in [3.63, 3.8) is 0 Å². The van der Waals surface area contributed by atoms with E-state index in [2.05, 4.69) is 25.1 Å². The Bertz CT molecular complexity index is 262. The molecule has 13 heavy (non-hydrogen) atoms. The van der Waals surface area contributed by atoms with Crippen LogP contribution in [0.3, 0.4) is 0 Å². The Hall–Kier alpha value is -1.08. The van der Waals surface area contributed by atoms with Gasteiger partial charge in [0.05, 0.1) is 0 Å². The third-order valence-electron chi connectivity index (χ3n) is 2.00. The molecule has 0 spiro atoms. The SMILES string of the molecule is CCCC(=Cc1ccccc1)CN. The van der Waals surface area contributed by atoms with Gasteiger partial charge in [-0.1, -0.05) is 55.3 Å². The molecular formula is C12H17N. The highest BCUT2D eigenvalue weighted by molar-refractivity contribution is 5.52. The lowest BCUT2D eigenvalue weighted by atomic mass is 10.1. The van der Waals surface area contributed by atoms with Crippen molar-refractivity contribution in [3.8, 4) is 0 Å². The molecule has 0 aliphatic heterocycles.